The van der Waals surface area contributed by atoms with E-state index < -0.39 is 0 Å². The molecule has 1 heterocycles. The number of H-pyrrole nitrogens is 1. The molecule has 2 aromatic carbocycles. The van der Waals surface area contributed by atoms with Crippen molar-refractivity contribution in [1.29, 1.82) is 0 Å². The molecule has 3 rings (SSSR count). The van der Waals surface area contributed by atoms with Gasteiger partial charge in [0.2, 0.25) is 0 Å². The first-order valence-electron chi connectivity index (χ1n) is 8.50. The van der Waals surface area contributed by atoms with Crippen molar-refractivity contribution in [2.75, 3.05) is 20.1 Å². The highest BCUT2D eigenvalue weighted by Crippen LogP contribution is 2.17. The maximum Gasteiger partial charge on any atom is 0.190 e. The standard InChI is InChI=1S/C20H23FN4/c1-22-20(23-11-9-15-5-4-6-17(21)13-15)24-12-10-16-14-25-19-8-3-2-7-18(16)19/h2-8,13-14,25H,9-12H2,1H3,(H2,22,23,24). The van der Waals surface area contributed by atoms with E-state index in [1.165, 1.54) is 17.0 Å². The first-order valence-corrected chi connectivity index (χ1v) is 8.50. The normalized spacial score (nSPS) is 11.7. The van der Waals surface area contributed by atoms with Crippen molar-refractivity contribution in [1.82, 2.24) is 15.6 Å². The van der Waals surface area contributed by atoms with Crippen LogP contribution in [0.4, 0.5) is 4.39 Å². The number of aromatic nitrogens is 1. The van der Waals surface area contributed by atoms with Gasteiger partial charge in [0, 0.05) is 37.2 Å². The molecule has 0 spiro atoms. The molecule has 0 aliphatic carbocycles. The number of rotatable bonds is 6. The summed E-state index contributed by atoms with van der Waals surface area (Å²) in [7, 11) is 1.75. The number of para-hydroxylation sites is 1. The number of aromatic amines is 1. The third kappa shape index (κ3) is 4.59. The Balaban J connectivity index is 1.45. The maximum absolute atomic E-state index is 13.2. The SMILES string of the molecule is CN=C(NCCc1cccc(F)c1)NCCc1c[nH]c2ccccc12. The summed E-state index contributed by atoms with van der Waals surface area (Å²) in [6.45, 7) is 1.50. The Labute approximate surface area is 147 Å². The molecule has 3 N–H and O–H groups in total. The summed E-state index contributed by atoms with van der Waals surface area (Å²) < 4.78 is 13.2. The van der Waals surface area contributed by atoms with E-state index in [9.17, 15) is 4.39 Å². The van der Waals surface area contributed by atoms with Crippen molar-refractivity contribution >= 4 is 16.9 Å². The fourth-order valence-electron chi connectivity index (χ4n) is 2.89. The third-order valence-corrected chi connectivity index (χ3v) is 4.18. The fourth-order valence-corrected chi connectivity index (χ4v) is 2.89. The quantitative estimate of drug-likeness (QED) is 0.477. The van der Waals surface area contributed by atoms with Crippen LogP contribution in [-0.4, -0.2) is 31.1 Å². The summed E-state index contributed by atoms with van der Waals surface area (Å²) in [6, 6.07) is 15.0. The second-order valence-electron chi connectivity index (χ2n) is 5.92. The molecule has 0 fully saturated rings. The van der Waals surface area contributed by atoms with Crippen LogP contribution < -0.4 is 10.6 Å². The lowest BCUT2D eigenvalue weighted by atomic mass is 10.1. The zero-order valence-corrected chi connectivity index (χ0v) is 14.3. The van der Waals surface area contributed by atoms with Gasteiger partial charge in [-0.1, -0.05) is 30.3 Å². The van der Waals surface area contributed by atoms with Crippen molar-refractivity contribution in [2.45, 2.75) is 12.8 Å². The largest absolute Gasteiger partial charge is 0.361 e. The highest BCUT2D eigenvalue weighted by Gasteiger charge is 2.03. The molecule has 4 nitrogen and oxygen atoms in total. The van der Waals surface area contributed by atoms with E-state index in [0.717, 1.165) is 36.4 Å². The number of guanidine groups is 1. The van der Waals surface area contributed by atoms with E-state index in [0.29, 0.717) is 6.54 Å². The predicted octanol–water partition coefficient (Wildman–Crippen LogP) is 3.26. The molecule has 0 unspecified atom stereocenters. The topological polar surface area (TPSA) is 52.2 Å². The maximum atomic E-state index is 13.2. The summed E-state index contributed by atoms with van der Waals surface area (Å²) in [5, 5.41) is 7.85. The van der Waals surface area contributed by atoms with E-state index >= 15 is 0 Å². The van der Waals surface area contributed by atoms with Crippen molar-refractivity contribution < 1.29 is 4.39 Å². The van der Waals surface area contributed by atoms with Gasteiger partial charge in [-0.2, -0.15) is 0 Å². The minimum atomic E-state index is -0.196. The number of halogens is 1. The molecule has 0 aliphatic heterocycles. The van der Waals surface area contributed by atoms with Crippen LogP contribution in [0.25, 0.3) is 10.9 Å². The first kappa shape index (κ1) is 17.0. The summed E-state index contributed by atoms with van der Waals surface area (Å²) in [5.74, 6) is 0.565. The molecule has 0 aliphatic rings. The van der Waals surface area contributed by atoms with Crippen molar-refractivity contribution in [3.63, 3.8) is 0 Å². The summed E-state index contributed by atoms with van der Waals surface area (Å²) in [4.78, 5) is 7.52. The van der Waals surface area contributed by atoms with Crippen LogP contribution >= 0.6 is 0 Å². The average Bonchev–Trinajstić information content (AvgIpc) is 3.04. The number of benzene rings is 2. The van der Waals surface area contributed by atoms with E-state index in [1.807, 2.05) is 12.1 Å². The predicted molar refractivity (Wildman–Crippen MR) is 101 cm³/mol. The number of fused-ring (bicyclic) bond motifs is 1. The molecule has 5 heteroatoms. The molecule has 130 valence electrons. The van der Waals surface area contributed by atoms with E-state index in [2.05, 4.69) is 45.0 Å². The second kappa shape index (κ2) is 8.33. The molecule has 0 atom stereocenters. The molecule has 3 aromatic rings. The Morgan fingerprint density at radius 1 is 1.04 bits per heavy atom. The number of aliphatic imine (C=N–C) groups is 1. The summed E-state index contributed by atoms with van der Waals surface area (Å²) in [5.41, 5.74) is 3.43. The number of hydrogen-bond acceptors (Lipinski definition) is 1. The molecule has 0 radical (unpaired) electrons. The van der Waals surface area contributed by atoms with Crippen LogP contribution in [0.3, 0.4) is 0 Å². The van der Waals surface area contributed by atoms with E-state index in [1.54, 1.807) is 19.2 Å². The van der Waals surface area contributed by atoms with Gasteiger partial charge in [-0.15, -0.1) is 0 Å². The molecular formula is C20H23FN4. The van der Waals surface area contributed by atoms with Crippen LogP contribution in [0.15, 0.2) is 59.7 Å². The molecular weight excluding hydrogens is 315 g/mol. The van der Waals surface area contributed by atoms with Crippen molar-refractivity contribution in [3.8, 4) is 0 Å². The van der Waals surface area contributed by atoms with Gasteiger partial charge in [0.25, 0.3) is 0 Å². The number of hydrogen-bond donors (Lipinski definition) is 3. The van der Waals surface area contributed by atoms with Gasteiger partial charge in [-0.3, -0.25) is 4.99 Å². The zero-order chi connectivity index (χ0) is 17.5. The Morgan fingerprint density at radius 3 is 2.64 bits per heavy atom. The lowest BCUT2D eigenvalue weighted by molar-refractivity contribution is 0.625. The third-order valence-electron chi connectivity index (χ3n) is 4.18. The number of nitrogens with zero attached hydrogens (tertiary/aromatic N) is 1. The Bertz CT molecular complexity index is 854. The summed E-state index contributed by atoms with van der Waals surface area (Å²) >= 11 is 0. The molecule has 0 saturated carbocycles. The van der Waals surface area contributed by atoms with Crippen LogP contribution in [0.2, 0.25) is 0 Å². The molecule has 0 amide bonds. The monoisotopic (exact) mass is 338 g/mol. The lowest BCUT2D eigenvalue weighted by Gasteiger charge is -2.11. The second-order valence-corrected chi connectivity index (χ2v) is 5.92. The molecule has 1 aromatic heterocycles. The van der Waals surface area contributed by atoms with Crippen LogP contribution in [-0.2, 0) is 12.8 Å². The summed E-state index contributed by atoms with van der Waals surface area (Å²) in [6.07, 6.45) is 3.72. The van der Waals surface area contributed by atoms with Crippen LogP contribution in [0.5, 0.6) is 0 Å². The molecule has 0 bridgehead atoms. The van der Waals surface area contributed by atoms with Crippen LogP contribution in [0, 0.1) is 5.82 Å². The van der Waals surface area contributed by atoms with Gasteiger partial charge in [0.05, 0.1) is 0 Å². The fraction of sp³-hybridized carbons (Fsp3) is 0.250. The Morgan fingerprint density at radius 2 is 1.84 bits per heavy atom. The van der Waals surface area contributed by atoms with Gasteiger partial charge in [0.15, 0.2) is 5.96 Å². The molecule has 25 heavy (non-hydrogen) atoms. The van der Waals surface area contributed by atoms with Crippen molar-refractivity contribution in [2.24, 2.45) is 4.99 Å². The van der Waals surface area contributed by atoms with Gasteiger partial charge >= 0.3 is 0 Å². The van der Waals surface area contributed by atoms with Gasteiger partial charge in [-0.05, 0) is 42.2 Å². The van der Waals surface area contributed by atoms with Gasteiger partial charge in [0.1, 0.15) is 5.82 Å². The Hall–Kier alpha value is -2.82. The Kier molecular flexibility index (Phi) is 5.67. The highest BCUT2D eigenvalue weighted by molar-refractivity contribution is 5.83. The van der Waals surface area contributed by atoms with E-state index in [-0.39, 0.29) is 5.82 Å². The average molecular weight is 338 g/mol. The van der Waals surface area contributed by atoms with E-state index in [4.69, 9.17) is 0 Å². The van der Waals surface area contributed by atoms with Gasteiger partial charge < -0.3 is 15.6 Å². The minimum Gasteiger partial charge on any atom is -0.361 e. The smallest absolute Gasteiger partial charge is 0.190 e. The van der Waals surface area contributed by atoms with Crippen molar-refractivity contribution in [3.05, 3.63) is 71.7 Å². The lowest BCUT2D eigenvalue weighted by Crippen LogP contribution is -2.39. The first-order chi connectivity index (χ1) is 12.3. The minimum absolute atomic E-state index is 0.196. The highest BCUT2D eigenvalue weighted by atomic mass is 19.1. The van der Waals surface area contributed by atoms with Crippen LogP contribution in [0.1, 0.15) is 11.1 Å². The zero-order valence-electron chi connectivity index (χ0n) is 14.3. The van der Waals surface area contributed by atoms with Gasteiger partial charge in [-0.25, -0.2) is 4.39 Å². The number of nitrogens with one attached hydrogen (secondary N) is 3. The molecule has 0 saturated heterocycles.